The van der Waals surface area contributed by atoms with Gasteiger partial charge in [-0.05, 0) is 25.5 Å². The first-order chi connectivity index (χ1) is 11.3. The van der Waals surface area contributed by atoms with Gasteiger partial charge in [0.25, 0.3) is 5.91 Å². The summed E-state index contributed by atoms with van der Waals surface area (Å²) in [6.07, 6.45) is -3.59. The summed E-state index contributed by atoms with van der Waals surface area (Å²) in [4.78, 5) is 19.1. The molecule has 1 atom stereocenters. The molecule has 2 heterocycles. The SMILES string of the molecule is Cc1nc(-c2ccc(C(F)(F)F)cc2)sc1C(=O)N1CC[C@H](N)C1.Cl.Cl. The van der Waals surface area contributed by atoms with Crippen LogP contribution in [-0.4, -0.2) is 34.9 Å². The fourth-order valence-corrected chi connectivity index (χ4v) is 3.68. The number of aromatic nitrogens is 1. The van der Waals surface area contributed by atoms with Crippen LogP contribution < -0.4 is 5.73 Å². The number of hydrogen-bond acceptors (Lipinski definition) is 4. The molecule has 26 heavy (non-hydrogen) atoms. The van der Waals surface area contributed by atoms with Crippen molar-refractivity contribution in [2.75, 3.05) is 13.1 Å². The minimum absolute atomic E-state index is 0. The van der Waals surface area contributed by atoms with Gasteiger partial charge in [-0.25, -0.2) is 4.98 Å². The third kappa shape index (κ3) is 4.68. The van der Waals surface area contributed by atoms with Crippen LogP contribution in [0.2, 0.25) is 0 Å². The lowest BCUT2D eigenvalue weighted by Crippen LogP contribution is -2.31. The first-order valence-electron chi connectivity index (χ1n) is 7.45. The summed E-state index contributed by atoms with van der Waals surface area (Å²) in [5, 5.41) is 0.535. The monoisotopic (exact) mass is 427 g/mol. The van der Waals surface area contributed by atoms with E-state index in [0.29, 0.717) is 34.2 Å². The van der Waals surface area contributed by atoms with Gasteiger partial charge in [0.15, 0.2) is 0 Å². The standard InChI is InChI=1S/C16H16F3N3OS.2ClH/c1-9-13(15(23)22-7-6-12(20)8-22)24-14(21-9)10-2-4-11(5-3-10)16(17,18)19;;/h2-5,12H,6-8,20H2,1H3;2*1H/t12-;;/m0../s1. The molecule has 4 nitrogen and oxygen atoms in total. The topological polar surface area (TPSA) is 59.2 Å². The molecule has 3 rings (SSSR count). The van der Waals surface area contributed by atoms with Gasteiger partial charge in [-0.3, -0.25) is 4.79 Å². The third-order valence-electron chi connectivity index (χ3n) is 3.96. The number of aryl methyl sites for hydroxylation is 1. The zero-order chi connectivity index (χ0) is 17.5. The molecule has 1 aliphatic heterocycles. The van der Waals surface area contributed by atoms with Crippen LogP contribution in [0.25, 0.3) is 10.6 Å². The van der Waals surface area contributed by atoms with Crippen LogP contribution in [0.1, 0.15) is 27.3 Å². The van der Waals surface area contributed by atoms with Crippen molar-refractivity contribution in [2.45, 2.75) is 25.6 Å². The molecule has 144 valence electrons. The Hall–Kier alpha value is -1.35. The Kier molecular flexibility index (Phi) is 7.47. The first kappa shape index (κ1) is 22.7. The molecule has 0 unspecified atom stereocenters. The molecule has 0 radical (unpaired) electrons. The number of rotatable bonds is 2. The molecule has 0 bridgehead atoms. The number of hydrogen-bond donors (Lipinski definition) is 1. The second-order valence-corrected chi connectivity index (χ2v) is 6.81. The minimum Gasteiger partial charge on any atom is -0.336 e. The Morgan fingerprint density at radius 1 is 1.27 bits per heavy atom. The number of carbonyl (C=O) groups is 1. The normalized spacial score (nSPS) is 16.8. The van der Waals surface area contributed by atoms with Gasteiger partial charge >= 0.3 is 6.18 Å². The molecule has 2 aromatic rings. The Morgan fingerprint density at radius 2 is 1.88 bits per heavy atom. The lowest BCUT2D eigenvalue weighted by atomic mass is 10.1. The van der Waals surface area contributed by atoms with Crippen molar-refractivity contribution in [3.05, 3.63) is 40.4 Å². The van der Waals surface area contributed by atoms with Gasteiger partial charge in [0.2, 0.25) is 0 Å². The van der Waals surface area contributed by atoms with E-state index < -0.39 is 11.7 Å². The number of benzene rings is 1. The molecule has 1 aromatic carbocycles. The van der Waals surface area contributed by atoms with Gasteiger partial charge in [-0.2, -0.15) is 13.2 Å². The summed E-state index contributed by atoms with van der Waals surface area (Å²) in [6.45, 7) is 2.87. The van der Waals surface area contributed by atoms with Crippen molar-refractivity contribution < 1.29 is 18.0 Å². The van der Waals surface area contributed by atoms with Crippen molar-refractivity contribution in [3.63, 3.8) is 0 Å². The Balaban J connectivity index is 0.00000169. The number of thiazole rings is 1. The quantitative estimate of drug-likeness (QED) is 0.782. The van der Waals surface area contributed by atoms with Gasteiger partial charge in [0.05, 0.1) is 11.3 Å². The van der Waals surface area contributed by atoms with Gasteiger partial charge < -0.3 is 10.6 Å². The number of halogens is 5. The van der Waals surface area contributed by atoms with E-state index in [1.807, 2.05) is 0 Å². The molecule has 0 aliphatic carbocycles. The summed E-state index contributed by atoms with van der Waals surface area (Å²) < 4.78 is 37.9. The van der Waals surface area contributed by atoms with Gasteiger partial charge in [0, 0.05) is 24.7 Å². The zero-order valence-corrected chi connectivity index (χ0v) is 16.2. The maximum atomic E-state index is 12.6. The first-order valence-corrected chi connectivity index (χ1v) is 8.27. The number of likely N-dealkylation sites (tertiary alicyclic amines) is 1. The summed E-state index contributed by atoms with van der Waals surface area (Å²) in [5.74, 6) is -0.115. The van der Waals surface area contributed by atoms with Crippen LogP contribution in [-0.2, 0) is 6.18 Å². The molecule has 1 amide bonds. The summed E-state index contributed by atoms with van der Waals surface area (Å²) in [6, 6.07) is 4.79. The average molecular weight is 428 g/mol. The van der Waals surface area contributed by atoms with Crippen molar-refractivity contribution in [1.82, 2.24) is 9.88 Å². The highest BCUT2D eigenvalue weighted by molar-refractivity contribution is 7.17. The van der Waals surface area contributed by atoms with E-state index >= 15 is 0 Å². The van der Waals surface area contributed by atoms with Crippen LogP contribution >= 0.6 is 36.2 Å². The van der Waals surface area contributed by atoms with E-state index in [9.17, 15) is 18.0 Å². The van der Waals surface area contributed by atoms with Gasteiger partial charge in [-0.15, -0.1) is 36.2 Å². The maximum Gasteiger partial charge on any atom is 0.416 e. The maximum absolute atomic E-state index is 12.6. The zero-order valence-electron chi connectivity index (χ0n) is 13.7. The van der Waals surface area contributed by atoms with Crippen LogP contribution in [0.15, 0.2) is 24.3 Å². The van der Waals surface area contributed by atoms with Crippen molar-refractivity contribution in [1.29, 1.82) is 0 Å². The summed E-state index contributed by atoms with van der Waals surface area (Å²) >= 11 is 1.20. The fourth-order valence-electron chi connectivity index (χ4n) is 2.64. The number of nitrogens with two attached hydrogens (primary N) is 1. The molecule has 0 spiro atoms. The predicted molar refractivity (Wildman–Crippen MR) is 100 cm³/mol. The number of nitrogens with zero attached hydrogens (tertiary/aromatic N) is 2. The van der Waals surface area contributed by atoms with Crippen LogP contribution in [0.3, 0.4) is 0 Å². The van der Waals surface area contributed by atoms with E-state index in [0.717, 1.165) is 18.6 Å². The van der Waals surface area contributed by atoms with Crippen molar-refractivity contribution in [2.24, 2.45) is 5.73 Å². The van der Waals surface area contributed by atoms with E-state index in [-0.39, 0.29) is 36.8 Å². The molecular weight excluding hydrogens is 410 g/mol. The largest absolute Gasteiger partial charge is 0.416 e. The Morgan fingerprint density at radius 3 is 2.38 bits per heavy atom. The smallest absolute Gasteiger partial charge is 0.336 e. The number of amides is 1. The highest BCUT2D eigenvalue weighted by Gasteiger charge is 2.30. The third-order valence-corrected chi connectivity index (χ3v) is 5.16. The Bertz CT molecular complexity index is 765. The highest BCUT2D eigenvalue weighted by atomic mass is 35.5. The van der Waals surface area contributed by atoms with Crippen molar-refractivity contribution in [3.8, 4) is 10.6 Å². The van der Waals surface area contributed by atoms with Crippen LogP contribution in [0, 0.1) is 6.92 Å². The Labute approximate surface area is 165 Å². The number of carbonyl (C=O) groups excluding carboxylic acids is 1. The molecule has 10 heteroatoms. The fraction of sp³-hybridized carbons (Fsp3) is 0.375. The predicted octanol–water partition coefficient (Wildman–Crippen LogP) is 4.15. The van der Waals surface area contributed by atoms with Crippen LogP contribution in [0.4, 0.5) is 13.2 Å². The number of alkyl halides is 3. The van der Waals surface area contributed by atoms with Gasteiger partial charge in [-0.1, -0.05) is 12.1 Å². The van der Waals surface area contributed by atoms with Crippen molar-refractivity contribution >= 4 is 42.1 Å². The average Bonchev–Trinajstić information content (AvgIpc) is 3.12. The molecule has 0 saturated carbocycles. The minimum atomic E-state index is -4.37. The van der Waals surface area contributed by atoms with E-state index in [1.54, 1.807) is 11.8 Å². The molecular formula is C16H18Cl2F3N3OS. The summed E-state index contributed by atoms with van der Waals surface area (Å²) in [5.41, 5.74) is 6.27. The lowest BCUT2D eigenvalue weighted by molar-refractivity contribution is -0.137. The molecule has 1 saturated heterocycles. The second kappa shape index (κ2) is 8.56. The summed E-state index contributed by atoms with van der Waals surface area (Å²) in [7, 11) is 0. The van der Waals surface area contributed by atoms with E-state index in [4.69, 9.17) is 5.73 Å². The molecule has 1 aromatic heterocycles. The molecule has 1 aliphatic rings. The van der Waals surface area contributed by atoms with Crippen LogP contribution in [0.5, 0.6) is 0 Å². The van der Waals surface area contributed by atoms with E-state index in [2.05, 4.69) is 4.98 Å². The molecule has 1 fully saturated rings. The lowest BCUT2D eigenvalue weighted by Gasteiger charge is -2.14. The van der Waals surface area contributed by atoms with Gasteiger partial charge in [0.1, 0.15) is 9.88 Å². The second-order valence-electron chi connectivity index (χ2n) is 5.81. The highest BCUT2D eigenvalue weighted by Crippen LogP contribution is 2.33. The van der Waals surface area contributed by atoms with E-state index in [1.165, 1.54) is 23.5 Å². The molecule has 2 N–H and O–H groups in total.